The maximum absolute atomic E-state index is 11.1. The fraction of sp³-hybridized carbons (Fsp3) is 0.364. The van der Waals surface area contributed by atoms with Crippen molar-refractivity contribution in [2.45, 2.75) is 19.8 Å². The molecule has 0 saturated heterocycles. The van der Waals surface area contributed by atoms with Crippen molar-refractivity contribution in [2.24, 2.45) is 0 Å². The van der Waals surface area contributed by atoms with Gasteiger partial charge in [-0.1, -0.05) is 19.9 Å². The lowest BCUT2D eigenvalue weighted by molar-refractivity contribution is 0.107. The number of halogens is 1. The number of ether oxygens (including phenoxy) is 1. The van der Waals surface area contributed by atoms with E-state index >= 15 is 0 Å². The van der Waals surface area contributed by atoms with E-state index < -0.39 is 5.24 Å². The number of rotatable bonds is 3. The predicted molar refractivity (Wildman–Crippen MR) is 57.3 cm³/mol. The Morgan fingerprint density at radius 2 is 2.07 bits per heavy atom. The lowest BCUT2D eigenvalue weighted by atomic mass is 10.0. The summed E-state index contributed by atoms with van der Waals surface area (Å²) in [6.07, 6.45) is 0. The summed E-state index contributed by atoms with van der Waals surface area (Å²) in [6, 6.07) is 5.48. The van der Waals surface area contributed by atoms with Gasteiger partial charge in [0.2, 0.25) is 0 Å². The molecule has 0 amide bonds. The Morgan fingerprint density at radius 3 is 2.50 bits per heavy atom. The van der Waals surface area contributed by atoms with Crippen molar-refractivity contribution in [1.29, 1.82) is 0 Å². The Bertz CT molecular complexity index is 345. The molecule has 0 radical (unpaired) electrons. The molecule has 0 saturated carbocycles. The highest BCUT2D eigenvalue weighted by Crippen LogP contribution is 2.25. The second-order valence-electron chi connectivity index (χ2n) is 3.39. The smallest absolute Gasteiger partial charge is 0.256 e. The Morgan fingerprint density at radius 1 is 1.43 bits per heavy atom. The van der Waals surface area contributed by atoms with Gasteiger partial charge in [-0.25, -0.2) is 0 Å². The molecule has 0 unspecified atom stereocenters. The average Bonchev–Trinajstić information content (AvgIpc) is 2.16. The Kier molecular flexibility index (Phi) is 3.53. The molecule has 76 valence electrons. The van der Waals surface area contributed by atoms with Crippen LogP contribution in [-0.4, -0.2) is 12.4 Å². The van der Waals surface area contributed by atoms with Crippen molar-refractivity contribution in [3.8, 4) is 5.75 Å². The van der Waals surface area contributed by atoms with Gasteiger partial charge in [0.15, 0.2) is 0 Å². The molecule has 0 fully saturated rings. The lowest BCUT2D eigenvalue weighted by Gasteiger charge is -2.09. The SMILES string of the molecule is COc1ccc(C(C)C)cc1C(=O)Cl. The average molecular weight is 213 g/mol. The molecule has 0 atom stereocenters. The van der Waals surface area contributed by atoms with Crippen LogP contribution in [0.3, 0.4) is 0 Å². The van der Waals surface area contributed by atoms with E-state index in [0.29, 0.717) is 17.2 Å². The third kappa shape index (κ3) is 2.26. The molecule has 1 aromatic rings. The van der Waals surface area contributed by atoms with Crippen molar-refractivity contribution in [3.63, 3.8) is 0 Å². The highest BCUT2D eigenvalue weighted by atomic mass is 35.5. The Labute approximate surface area is 88.8 Å². The molecule has 14 heavy (non-hydrogen) atoms. The van der Waals surface area contributed by atoms with E-state index in [-0.39, 0.29) is 0 Å². The number of methoxy groups -OCH3 is 1. The van der Waals surface area contributed by atoms with E-state index in [1.165, 1.54) is 7.11 Å². The van der Waals surface area contributed by atoms with Gasteiger partial charge in [-0.05, 0) is 35.2 Å². The molecule has 0 aromatic heterocycles. The standard InChI is InChI=1S/C11H13ClO2/c1-7(2)8-4-5-10(14-3)9(6-8)11(12)13/h4-7H,1-3H3. The third-order valence-corrected chi connectivity index (χ3v) is 2.31. The number of hydrogen-bond donors (Lipinski definition) is 0. The van der Waals surface area contributed by atoms with E-state index in [4.69, 9.17) is 16.3 Å². The van der Waals surface area contributed by atoms with Crippen LogP contribution in [0.25, 0.3) is 0 Å². The van der Waals surface area contributed by atoms with Gasteiger partial charge >= 0.3 is 0 Å². The zero-order valence-electron chi connectivity index (χ0n) is 8.50. The summed E-state index contributed by atoms with van der Waals surface area (Å²) in [7, 11) is 1.52. The monoisotopic (exact) mass is 212 g/mol. The summed E-state index contributed by atoms with van der Waals surface area (Å²) in [6.45, 7) is 4.12. The first kappa shape index (κ1) is 11.1. The Balaban J connectivity index is 3.21. The highest BCUT2D eigenvalue weighted by Gasteiger charge is 2.11. The summed E-state index contributed by atoms with van der Waals surface area (Å²) in [4.78, 5) is 11.1. The third-order valence-electron chi connectivity index (χ3n) is 2.10. The quantitative estimate of drug-likeness (QED) is 0.720. The fourth-order valence-corrected chi connectivity index (χ4v) is 1.39. The van der Waals surface area contributed by atoms with Gasteiger partial charge in [0.25, 0.3) is 5.24 Å². The highest BCUT2D eigenvalue weighted by molar-refractivity contribution is 6.68. The molecule has 0 aliphatic heterocycles. The first-order chi connectivity index (χ1) is 6.56. The summed E-state index contributed by atoms with van der Waals surface area (Å²) in [5, 5.41) is -0.482. The van der Waals surface area contributed by atoms with Crippen LogP contribution in [0.4, 0.5) is 0 Å². The van der Waals surface area contributed by atoms with Crippen LogP contribution < -0.4 is 4.74 Å². The van der Waals surface area contributed by atoms with Crippen LogP contribution in [0.1, 0.15) is 35.7 Å². The van der Waals surface area contributed by atoms with Crippen molar-refractivity contribution >= 4 is 16.8 Å². The van der Waals surface area contributed by atoms with E-state index in [0.717, 1.165) is 5.56 Å². The minimum Gasteiger partial charge on any atom is -0.496 e. The molecule has 0 aliphatic carbocycles. The number of hydrogen-bond acceptors (Lipinski definition) is 2. The minimum absolute atomic E-state index is 0.371. The molecule has 1 aromatic carbocycles. The van der Waals surface area contributed by atoms with E-state index in [1.54, 1.807) is 12.1 Å². The largest absolute Gasteiger partial charge is 0.496 e. The second-order valence-corrected chi connectivity index (χ2v) is 3.73. The van der Waals surface area contributed by atoms with E-state index in [9.17, 15) is 4.79 Å². The van der Waals surface area contributed by atoms with Gasteiger partial charge in [0.1, 0.15) is 5.75 Å². The first-order valence-electron chi connectivity index (χ1n) is 4.44. The Hall–Kier alpha value is -1.02. The molecule has 0 N–H and O–H groups in total. The molecule has 1 rings (SSSR count). The topological polar surface area (TPSA) is 26.3 Å². The number of carbonyl (C=O) groups excluding carboxylic acids is 1. The lowest BCUT2D eigenvalue weighted by Crippen LogP contribution is -1.98. The van der Waals surface area contributed by atoms with Crippen LogP contribution in [0.2, 0.25) is 0 Å². The van der Waals surface area contributed by atoms with Crippen molar-refractivity contribution in [1.82, 2.24) is 0 Å². The van der Waals surface area contributed by atoms with Crippen LogP contribution >= 0.6 is 11.6 Å². The van der Waals surface area contributed by atoms with Gasteiger partial charge in [-0.2, -0.15) is 0 Å². The minimum atomic E-state index is -0.482. The van der Waals surface area contributed by atoms with Gasteiger partial charge in [0, 0.05) is 0 Å². The molecule has 0 heterocycles. The first-order valence-corrected chi connectivity index (χ1v) is 4.81. The molecule has 0 spiro atoms. The molecular formula is C11H13ClO2. The molecule has 0 bridgehead atoms. The molecule has 0 aliphatic rings. The van der Waals surface area contributed by atoms with Crippen LogP contribution in [0, 0.1) is 0 Å². The molecule has 3 heteroatoms. The van der Waals surface area contributed by atoms with Crippen molar-refractivity contribution in [2.75, 3.05) is 7.11 Å². The molecular weight excluding hydrogens is 200 g/mol. The predicted octanol–water partition coefficient (Wildman–Crippen LogP) is 3.20. The normalized spacial score (nSPS) is 10.4. The van der Waals surface area contributed by atoms with Gasteiger partial charge < -0.3 is 4.74 Å². The summed E-state index contributed by atoms with van der Waals surface area (Å²) >= 11 is 5.44. The van der Waals surface area contributed by atoms with Crippen LogP contribution in [0.15, 0.2) is 18.2 Å². The van der Waals surface area contributed by atoms with Crippen molar-refractivity contribution in [3.05, 3.63) is 29.3 Å². The summed E-state index contributed by atoms with van der Waals surface area (Å²) < 4.78 is 5.04. The zero-order valence-corrected chi connectivity index (χ0v) is 9.26. The van der Waals surface area contributed by atoms with Gasteiger partial charge in [-0.3, -0.25) is 4.79 Å². The van der Waals surface area contributed by atoms with E-state index in [2.05, 4.69) is 13.8 Å². The van der Waals surface area contributed by atoms with Gasteiger partial charge in [-0.15, -0.1) is 0 Å². The second kappa shape index (κ2) is 4.47. The van der Waals surface area contributed by atoms with Crippen LogP contribution in [0.5, 0.6) is 5.75 Å². The number of benzene rings is 1. The molecule has 2 nitrogen and oxygen atoms in total. The van der Waals surface area contributed by atoms with Gasteiger partial charge in [0.05, 0.1) is 12.7 Å². The van der Waals surface area contributed by atoms with Crippen molar-refractivity contribution < 1.29 is 9.53 Å². The van der Waals surface area contributed by atoms with Crippen LogP contribution in [-0.2, 0) is 0 Å². The zero-order chi connectivity index (χ0) is 10.7. The summed E-state index contributed by atoms with van der Waals surface area (Å²) in [5.41, 5.74) is 1.51. The maximum atomic E-state index is 11.1. The summed E-state index contributed by atoms with van der Waals surface area (Å²) in [5.74, 6) is 0.894. The number of carbonyl (C=O) groups is 1. The van der Waals surface area contributed by atoms with E-state index in [1.807, 2.05) is 6.07 Å². The fourth-order valence-electron chi connectivity index (χ4n) is 1.24. The maximum Gasteiger partial charge on any atom is 0.256 e.